The number of hydrogen-bond acceptors (Lipinski definition) is 6. The zero-order valence-electron chi connectivity index (χ0n) is 22.0. The largest absolute Gasteiger partial charge is 0.492 e. The molecular formula is C28H33N3O6S2. The van der Waals surface area contributed by atoms with Crippen LogP contribution in [0.4, 0.5) is 5.69 Å². The topological polar surface area (TPSA) is 122 Å². The SMILES string of the molecule is Cc1ccc(S(=O)(=O)Nc2cc(C(=O)NCCOc3ccc(S(=O)(=O)N4CCCCC4)cc3)ccc2C)cc1. The van der Waals surface area contributed by atoms with Gasteiger partial charge in [-0.05, 0) is 80.8 Å². The van der Waals surface area contributed by atoms with Crippen LogP contribution in [0, 0.1) is 13.8 Å². The van der Waals surface area contributed by atoms with E-state index in [9.17, 15) is 21.6 Å². The molecule has 11 heteroatoms. The van der Waals surface area contributed by atoms with Crippen LogP contribution in [0.25, 0.3) is 0 Å². The van der Waals surface area contributed by atoms with Crippen LogP contribution in [-0.2, 0) is 20.0 Å². The lowest BCUT2D eigenvalue weighted by Crippen LogP contribution is -2.35. The van der Waals surface area contributed by atoms with Crippen molar-refractivity contribution in [3.8, 4) is 5.75 Å². The molecule has 2 N–H and O–H groups in total. The molecule has 0 aromatic heterocycles. The summed E-state index contributed by atoms with van der Waals surface area (Å²) in [7, 11) is -7.31. The molecule has 0 unspecified atom stereocenters. The maximum atomic E-state index is 12.8. The molecule has 4 rings (SSSR count). The third-order valence-corrected chi connectivity index (χ3v) is 9.80. The number of aryl methyl sites for hydroxylation is 2. The number of carbonyl (C=O) groups excluding carboxylic acids is 1. The molecule has 0 radical (unpaired) electrons. The smallest absolute Gasteiger partial charge is 0.261 e. The second kappa shape index (κ2) is 12.2. The number of rotatable bonds is 10. The van der Waals surface area contributed by atoms with Crippen LogP contribution >= 0.6 is 0 Å². The normalized spacial score (nSPS) is 14.5. The minimum atomic E-state index is -3.81. The van der Waals surface area contributed by atoms with Crippen molar-refractivity contribution in [2.75, 3.05) is 31.0 Å². The Bertz CT molecular complexity index is 1510. The van der Waals surface area contributed by atoms with Crippen molar-refractivity contribution in [1.82, 2.24) is 9.62 Å². The van der Waals surface area contributed by atoms with Crippen LogP contribution in [-0.4, -0.2) is 53.3 Å². The van der Waals surface area contributed by atoms with E-state index in [2.05, 4.69) is 10.0 Å². The van der Waals surface area contributed by atoms with Gasteiger partial charge < -0.3 is 10.1 Å². The molecule has 0 saturated carbocycles. The molecule has 0 atom stereocenters. The minimum Gasteiger partial charge on any atom is -0.492 e. The molecule has 1 aliphatic rings. The molecule has 1 heterocycles. The number of benzene rings is 3. The van der Waals surface area contributed by atoms with Crippen molar-refractivity contribution in [3.63, 3.8) is 0 Å². The van der Waals surface area contributed by atoms with E-state index in [0.717, 1.165) is 24.8 Å². The molecular weight excluding hydrogens is 538 g/mol. The number of anilines is 1. The zero-order valence-corrected chi connectivity index (χ0v) is 23.6. The molecule has 9 nitrogen and oxygen atoms in total. The van der Waals surface area contributed by atoms with Gasteiger partial charge in [0, 0.05) is 18.7 Å². The van der Waals surface area contributed by atoms with Gasteiger partial charge in [0.15, 0.2) is 0 Å². The fourth-order valence-electron chi connectivity index (χ4n) is 4.19. The van der Waals surface area contributed by atoms with Gasteiger partial charge in [-0.25, -0.2) is 16.8 Å². The van der Waals surface area contributed by atoms with Gasteiger partial charge in [-0.2, -0.15) is 4.31 Å². The van der Waals surface area contributed by atoms with Gasteiger partial charge in [-0.15, -0.1) is 0 Å². The number of nitrogens with zero attached hydrogens (tertiary/aromatic N) is 1. The van der Waals surface area contributed by atoms with E-state index >= 15 is 0 Å². The predicted octanol–water partition coefficient (Wildman–Crippen LogP) is 4.09. The van der Waals surface area contributed by atoms with Crippen molar-refractivity contribution < 1.29 is 26.4 Å². The molecule has 0 bridgehead atoms. The fourth-order valence-corrected chi connectivity index (χ4v) is 6.83. The standard InChI is InChI=1S/C28H33N3O6S2/c1-21-6-12-25(13-7-21)38(33,34)30-27-20-23(9-8-22(27)2)28(32)29-16-19-37-24-10-14-26(15-11-24)39(35,36)31-17-4-3-5-18-31/h6-15,20,30H,3-5,16-19H2,1-2H3,(H,29,32). The number of piperidine rings is 1. The van der Waals surface area contributed by atoms with Crippen LogP contribution in [0.3, 0.4) is 0 Å². The van der Waals surface area contributed by atoms with Gasteiger partial charge in [-0.1, -0.05) is 30.2 Å². The molecule has 1 fully saturated rings. The Morgan fingerprint density at radius 3 is 2.15 bits per heavy atom. The zero-order chi connectivity index (χ0) is 28.0. The quantitative estimate of drug-likeness (QED) is 0.354. The molecule has 1 saturated heterocycles. The lowest BCUT2D eigenvalue weighted by molar-refractivity contribution is 0.0947. The van der Waals surface area contributed by atoms with Gasteiger partial charge in [0.25, 0.3) is 15.9 Å². The van der Waals surface area contributed by atoms with Crippen LogP contribution in [0.5, 0.6) is 5.75 Å². The highest BCUT2D eigenvalue weighted by atomic mass is 32.2. The Labute approximate surface area is 230 Å². The average Bonchev–Trinajstić information content (AvgIpc) is 2.93. The summed E-state index contributed by atoms with van der Waals surface area (Å²) in [6.45, 7) is 5.09. The summed E-state index contributed by atoms with van der Waals surface area (Å²) < 4.78 is 60.9. The van der Waals surface area contributed by atoms with E-state index in [1.165, 1.54) is 34.6 Å². The Morgan fingerprint density at radius 2 is 1.49 bits per heavy atom. The number of ether oxygens (including phenoxy) is 1. The Morgan fingerprint density at radius 1 is 0.846 bits per heavy atom. The van der Waals surface area contributed by atoms with Crippen LogP contribution in [0.15, 0.2) is 76.5 Å². The number of sulfonamides is 2. The molecule has 3 aromatic rings. The van der Waals surface area contributed by atoms with E-state index in [1.807, 2.05) is 6.92 Å². The van der Waals surface area contributed by atoms with E-state index < -0.39 is 20.0 Å². The summed E-state index contributed by atoms with van der Waals surface area (Å²) in [5.41, 5.74) is 2.25. The third-order valence-electron chi connectivity index (χ3n) is 6.51. The van der Waals surface area contributed by atoms with Crippen molar-refractivity contribution in [3.05, 3.63) is 83.4 Å². The van der Waals surface area contributed by atoms with Crippen LogP contribution in [0.2, 0.25) is 0 Å². The second-order valence-electron chi connectivity index (χ2n) is 9.49. The maximum absolute atomic E-state index is 12.8. The summed E-state index contributed by atoms with van der Waals surface area (Å²) in [4.78, 5) is 13.1. The highest BCUT2D eigenvalue weighted by Crippen LogP contribution is 2.23. The van der Waals surface area contributed by atoms with Crippen LogP contribution < -0.4 is 14.8 Å². The second-order valence-corrected chi connectivity index (χ2v) is 13.1. The first-order valence-corrected chi connectivity index (χ1v) is 15.7. The van der Waals surface area contributed by atoms with Gasteiger partial charge in [0.05, 0.1) is 22.0 Å². The summed E-state index contributed by atoms with van der Waals surface area (Å²) in [6.07, 6.45) is 2.80. The number of carbonyl (C=O) groups is 1. The first-order valence-electron chi connectivity index (χ1n) is 12.8. The summed E-state index contributed by atoms with van der Waals surface area (Å²) >= 11 is 0. The van der Waals surface area contributed by atoms with Crippen molar-refractivity contribution >= 4 is 31.6 Å². The molecule has 0 spiro atoms. The van der Waals surface area contributed by atoms with E-state index in [0.29, 0.717) is 35.7 Å². The lowest BCUT2D eigenvalue weighted by Gasteiger charge is -2.25. The van der Waals surface area contributed by atoms with Gasteiger partial charge in [0.2, 0.25) is 10.0 Å². The molecule has 1 aliphatic heterocycles. The first kappa shape index (κ1) is 28.6. The van der Waals surface area contributed by atoms with Crippen molar-refractivity contribution in [2.24, 2.45) is 0 Å². The fraction of sp³-hybridized carbons (Fsp3) is 0.321. The summed E-state index contributed by atoms with van der Waals surface area (Å²) in [5, 5.41) is 2.75. The molecule has 39 heavy (non-hydrogen) atoms. The van der Waals surface area contributed by atoms with Crippen LogP contribution in [0.1, 0.15) is 40.7 Å². The van der Waals surface area contributed by atoms with E-state index in [1.54, 1.807) is 43.3 Å². The van der Waals surface area contributed by atoms with Gasteiger partial charge in [-0.3, -0.25) is 9.52 Å². The van der Waals surface area contributed by atoms with Gasteiger partial charge >= 0.3 is 0 Å². The lowest BCUT2D eigenvalue weighted by atomic mass is 10.1. The Balaban J connectivity index is 1.30. The number of amides is 1. The molecule has 208 valence electrons. The Hall–Kier alpha value is -3.41. The maximum Gasteiger partial charge on any atom is 0.261 e. The monoisotopic (exact) mass is 571 g/mol. The van der Waals surface area contributed by atoms with E-state index in [-0.39, 0.29) is 28.8 Å². The van der Waals surface area contributed by atoms with Crippen molar-refractivity contribution in [2.45, 2.75) is 42.9 Å². The minimum absolute atomic E-state index is 0.136. The van der Waals surface area contributed by atoms with E-state index in [4.69, 9.17) is 4.74 Å². The molecule has 0 aliphatic carbocycles. The van der Waals surface area contributed by atoms with Gasteiger partial charge in [0.1, 0.15) is 12.4 Å². The predicted molar refractivity (Wildman–Crippen MR) is 150 cm³/mol. The third kappa shape index (κ3) is 7.17. The summed E-state index contributed by atoms with van der Waals surface area (Å²) in [5.74, 6) is 0.113. The highest BCUT2D eigenvalue weighted by molar-refractivity contribution is 7.92. The Kier molecular flexibility index (Phi) is 8.94. The molecule has 3 aromatic carbocycles. The van der Waals surface area contributed by atoms with Crippen molar-refractivity contribution in [1.29, 1.82) is 0 Å². The molecule has 1 amide bonds. The number of hydrogen-bond donors (Lipinski definition) is 2. The average molecular weight is 572 g/mol. The summed E-state index contributed by atoms with van der Waals surface area (Å²) in [6, 6.07) is 17.6. The highest BCUT2D eigenvalue weighted by Gasteiger charge is 2.25. The number of nitrogens with one attached hydrogen (secondary N) is 2. The first-order chi connectivity index (χ1) is 18.6.